The SMILES string of the molecule is O=C(CCc1ccccc1)N[C@@H](Cc1ccc2ccccc2c1)C(=O)N[C@@H]1C(=O)NC1OCc1ccccc1. The molecule has 0 bridgehead atoms. The monoisotopic (exact) mass is 521 g/mol. The van der Waals surface area contributed by atoms with Gasteiger partial charge in [-0.25, -0.2) is 0 Å². The molecule has 1 saturated heterocycles. The number of nitrogens with one attached hydrogen (secondary N) is 3. The first-order valence-electron chi connectivity index (χ1n) is 13.1. The van der Waals surface area contributed by atoms with E-state index >= 15 is 0 Å². The van der Waals surface area contributed by atoms with Crippen molar-refractivity contribution in [2.75, 3.05) is 0 Å². The van der Waals surface area contributed by atoms with Crippen molar-refractivity contribution >= 4 is 28.5 Å². The maximum atomic E-state index is 13.4. The minimum absolute atomic E-state index is 0.227. The molecule has 7 heteroatoms. The molecule has 7 nitrogen and oxygen atoms in total. The standard InChI is InChI=1S/C32H31N3O4/c36-28(18-16-22-9-3-1-4-10-22)33-27(20-24-15-17-25-13-7-8-14-26(25)19-24)30(37)34-29-31(38)35-32(29)39-21-23-11-5-2-6-12-23/h1-15,17,19,27,29,32H,16,18,20-21H2,(H,33,36)(H,34,37)(H,35,38)/t27-,29+,32?/m0/s1. The molecule has 3 atom stereocenters. The third-order valence-electron chi connectivity index (χ3n) is 6.83. The zero-order valence-electron chi connectivity index (χ0n) is 21.5. The molecule has 1 unspecified atom stereocenters. The Morgan fingerprint density at radius 3 is 2.18 bits per heavy atom. The van der Waals surface area contributed by atoms with Gasteiger partial charge in [-0.15, -0.1) is 0 Å². The summed E-state index contributed by atoms with van der Waals surface area (Å²) >= 11 is 0. The number of carbonyl (C=O) groups is 3. The fourth-order valence-electron chi connectivity index (χ4n) is 4.63. The molecule has 3 N–H and O–H groups in total. The first-order valence-corrected chi connectivity index (χ1v) is 13.1. The Kier molecular flexibility index (Phi) is 8.29. The lowest BCUT2D eigenvalue weighted by atomic mass is 10.00. The molecule has 198 valence electrons. The van der Waals surface area contributed by atoms with Crippen LogP contribution >= 0.6 is 0 Å². The zero-order valence-corrected chi connectivity index (χ0v) is 21.5. The summed E-state index contributed by atoms with van der Waals surface area (Å²) in [6, 6.07) is 31.6. The van der Waals surface area contributed by atoms with Crippen LogP contribution in [0.1, 0.15) is 23.1 Å². The third kappa shape index (κ3) is 6.89. The van der Waals surface area contributed by atoms with Crippen molar-refractivity contribution in [2.45, 2.75) is 44.2 Å². The molecule has 1 heterocycles. The molecule has 0 aromatic heterocycles. The number of hydrogen-bond donors (Lipinski definition) is 3. The van der Waals surface area contributed by atoms with Gasteiger partial charge in [-0.1, -0.05) is 103 Å². The Hall–Kier alpha value is -4.49. The van der Waals surface area contributed by atoms with E-state index in [-0.39, 0.29) is 24.7 Å². The van der Waals surface area contributed by atoms with E-state index in [4.69, 9.17) is 4.74 Å². The first-order chi connectivity index (χ1) is 19.0. The van der Waals surface area contributed by atoms with Gasteiger partial charge in [-0.3, -0.25) is 14.4 Å². The summed E-state index contributed by atoms with van der Waals surface area (Å²) in [4.78, 5) is 38.6. The van der Waals surface area contributed by atoms with Gasteiger partial charge in [0.2, 0.25) is 17.7 Å². The fraction of sp³-hybridized carbons (Fsp3) is 0.219. The van der Waals surface area contributed by atoms with E-state index < -0.39 is 24.2 Å². The second-order valence-corrected chi connectivity index (χ2v) is 9.70. The Morgan fingerprint density at radius 1 is 0.795 bits per heavy atom. The minimum atomic E-state index is -0.849. The molecule has 4 aromatic rings. The highest BCUT2D eigenvalue weighted by atomic mass is 16.5. The van der Waals surface area contributed by atoms with Gasteiger partial charge in [0.15, 0.2) is 12.3 Å². The van der Waals surface area contributed by atoms with E-state index in [1.54, 1.807) is 0 Å². The number of benzene rings is 4. The van der Waals surface area contributed by atoms with Crippen LogP contribution < -0.4 is 16.0 Å². The first kappa shape index (κ1) is 26.1. The number of amides is 3. The molecule has 1 aliphatic rings. The molecule has 3 amide bonds. The normalized spacial score (nSPS) is 17.1. The van der Waals surface area contributed by atoms with Crippen molar-refractivity contribution in [3.05, 3.63) is 120 Å². The fourth-order valence-corrected chi connectivity index (χ4v) is 4.63. The van der Waals surface area contributed by atoms with E-state index in [1.165, 1.54) is 0 Å². The van der Waals surface area contributed by atoms with Crippen LogP contribution in [0.2, 0.25) is 0 Å². The molecule has 1 aliphatic heterocycles. The largest absolute Gasteiger partial charge is 0.351 e. The Balaban J connectivity index is 1.26. The molecule has 39 heavy (non-hydrogen) atoms. The summed E-state index contributed by atoms with van der Waals surface area (Å²) in [7, 11) is 0. The lowest BCUT2D eigenvalue weighted by molar-refractivity contribution is -0.152. The van der Waals surface area contributed by atoms with Crippen LogP contribution in [0.3, 0.4) is 0 Å². The second kappa shape index (κ2) is 12.4. The molecular formula is C32H31N3O4. The van der Waals surface area contributed by atoms with Crippen molar-refractivity contribution < 1.29 is 19.1 Å². The average Bonchev–Trinajstić information content (AvgIpc) is 2.97. The van der Waals surface area contributed by atoms with Gasteiger partial charge in [-0.2, -0.15) is 0 Å². The summed E-state index contributed by atoms with van der Waals surface area (Å²) < 4.78 is 5.83. The molecule has 4 aromatic carbocycles. The van der Waals surface area contributed by atoms with Gasteiger partial charge < -0.3 is 20.7 Å². The van der Waals surface area contributed by atoms with E-state index in [2.05, 4.69) is 16.0 Å². The summed E-state index contributed by atoms with van der Waals surface area (Å²) in [5.41, 5.74) is 2.92. The molecule has 5 rings (SSSR count). The molecule has 1 fully saturated rings. The number of ether oxygens (including phenoxy) is 1. The molecule has 0 radical (unpaired) electrons. The highest BCUT2D eigenvalue weighted by Gasteiger charge is 2.42. The van der Waals surface area contributed by atoms with Crippen LogP contribution in [0.25, 0.3) is 10.8 Å². The molecule has 0 aliphatic carbocycles. The maximum Gasteiger partial charge on any atom is 0.249 e. The van der Waals surface area contributed by atoms with E-state index in [9.17, 15) is 14.4 Å². The smallest absolute Gasteiger partial charge is 0.249 e. The topological polar surface area (TPSA) is 96.5 Å². The van der Waals surface area contributed by atoms with Gasteiger partial charge in [0, 0.05) is 12.8 Å². The predicted molar refractivity (Wildman–Crippen MR) is 149 cm³/mol. The molecule has 0 saturated carbocycles. The summed E-state index contributed by atoms with van der Waals surface area (Å²) in [6.07, 6.45) is 0.463. The second-order valence-electron chi connectivity index (χ2n) is 9.70. The van der Waals surface area contributed by atoms with Crippen LogP contribution in [0.4, 0.5) is 0 Å². The van der Waals surface area contributed by atoms with Crippen LogP contribution in [-0.4, -0.2) is 36.0 Å². The van der Waals surface area contributed by atoms with E-state index in [0.29, 0.717) is 13.0 Å². The summed E-state index contributed by atoms with van der Waals surface area (Å²) in [5.74, 6) is -0.972. The lowest BCUT2D eigenvalue weighted by Crippen LogP contribution is -2.71. The average molecular weight is 522 g/mol. The van der Waals surface area contributed by atoms with Crippen LogP contribution in [0.5, 0.6) is 0 Å². The predicted octanol–water partition coefficient (Wildman–Crippen LogP) is 3.66. The van der Waals surface area contributed by atoms with Crippen LogP contribution in [0.15, 0.2) is 103 Å². The van der Waals surface area contributed by atoms with Crippen LogP contribution in [-0.2, 0) is 38.6 Å². The van der Waals surface area contributed by atoms with Crippen LogP contribution in [0, 0.1) is 0 Å². The van der Waals surface area contributed by atoms with Crippen molar-refractivity contribution in [1.82, 2.24) is 16.0 Å². The van der Waals surface area contributed by atoms with E-state index in [0.717, 1.165) is 27.5 Å². The molecule has 0 spiro atoms. The zero-order chi connectivity index (χ0) is 27.0. The number of fused-ring (bicyclic) bond motifs is 1. The Labute approximate surface area is 227 Å². The Morgan fingerprint density at radius 2 is 1.46 bits per heavy atom. The molecular weight excluding hydrogens is 490 g/mol. The summed E-state index contributed by atoms with van der Waals surface area (Å²) in [5, 5.41) is 10.5. The number of aryl methyl sites for hydroxylation is 1. The number of carbonyl (C=O) groups excluding carboxylic acids is 3. The van der Waals surface area contributed by atoms with Crippen molar-refractivity contribution in [2.24, 2.45) is 0 Å². The summed E-state index contributed by atoms with van der Waals surface area (Å²) in [6.45, 7) is 0.300. The Bertz CT molecular complexity index is 1440. The van der Waals surface area contributed by atoms with Crippen molar-refractivity contribution in [3.63, 3.8) is 0 Å². The lowest BCUT2D eigenvalue weighted by Gasteiger charge is -2.37. The van der Waals surface area contributed by atoms with Crippen molar-refractivity contribution in [3.8, 4) is 0 Å². The van der Waals surface area contributed by atoms with Gasteiger partial charge >= 0.3 is 0 Å². The van der Waals surface area contributed by atoms with Crippen molar-refractivity contribution in [1.29, 1.82) is 0 Å². The van der Waals surface area contributed by atoms with Gasteiger partial charge in [-0.05, 0) is 33.9 Å². The quantitative estimate of drug-likeness (QED) is 0.263. The number of β-lactam (4-membered cyclic amide) rings is 1. The van der Waals surface area contributed by atoms with E-state index in [1.807, 2.05) is 103 Å². The van der Waals surface area contributed by atoms with Gasteiger partial charge in [0.1, 0.15) is 6.04 Å². The maximum absolute atomic E-state index is 13.4. The number of hydrogen-bond acceptors (Lipinski definition) is 4. The minimum Gasteiger partial charge on any atom is -0.351 e. The van der Waals surface area contributed by atoms with Gasteiger partial charge in [0.25, 0.3) is 0 Å². The highest BCUT2D eigenvalue weighted by molar-refractivity contribution is 5.95. The number of rotatable bonds is 11. The highest BCUT2D eigenvalue weighted by Crippen LogP contribution is 2.18. The van der Waals surface area contributed by atoms with Gasteiger partial charge in [0.05, 0.1) is 6.61 Å². The third-order valence-corrected chi connectivity index (χ3v) is 6.83.